The average Bonchev–Trinajstić information content (AvgIpc) is 2.39. The zero-order valence-electron chi connectivity index (χ0n) is 11.5. The lowest BCUT2D eigenvalue weighted by Gasteiger charge is -2.11. The van der Waals surface area contributed by atoms with Crippen molar-refractivity contribution in [3.05, 3.63) is 53.6 Å². The van der Waals surface area contributed by atoms with Crippen LogP contribution in [0.3, 0.4) is 0 Å². The van der Waals surface area contributed by atoms with Gasteiger partial charge >= 0.3 is 0 Å². The number of methoxy groups -OCH3 is 1. The summed E-state index contributed by atoms with van der Waals surface area (Å²) in [7, 11) is -1.97. The van der Waals surface area contributed by atoms with Gasteiger partial charge in [-0.2, -0.15) is 0 Å². The van der Waals surface area contributed by atoms with Crippen molar-refractivity contribution in [3.8, 4) is 5.75 Å². The van der Waals surface area contributed by atoms with Crippen LogP contribution in [0.15, 0.2) is 47.4 Å². The van der Waals surface area contributed by atoms with E-state index in [2.05, 4.69) is 0 Å². The molecule has 4 nitrogen and oxygen atoms in total. The second-order valence-corrected chi connectivity index (χ2v) is 6.57. The molecule has 20 heavy (non-hydrogen) atoms. The van der Waals surface area contributed by atoms with Crippen molar-refractivity contribution in [2.75, 3.05) is 12.8 Å². The molecule has 0 amide bonds. The van der Waals surface area contributed by atoms with E-state index in [0.29, 0.717) is 11.3 Å². The zero-order chi connectivity index (χ0) is 14.8. The highest BCUT2D eigenvalue weighted by molar-refractivity contribution is 7.90. The lowest BCUT2D eigenvalue weighted by Crippen LogP contribution is -2.09. The highest BCUT2D eigenvalue weighted by Crippen LogP contribution is 2.27. The minimum Gasteiger partial charge on any atom is -0.496 e. The van der Waals surface area contributed by atoms with Crippen LogP contribution in [0.25, 0.3) is 0 Å². The van der Waals surface area contributed by atoms with Gasteiger partial charge in [0.15, 0.2) is 9.84 Å². The number of aryl methyl sites for hydroxylation is 1. The minimum atomic E-state index is -3.50. The number of sulfone groups is 1. The van der Waals surface area contributed by atoms with Crippen LogP contribution in [0.4, 0.5) is 5.69 Å². The summed E-state index contributed by atoms with van der Waals surface area (Å²) in [6.45, 7) is 1.91. The van der Waals surface area contributed by atoms with Crippen LogP contribution in [-0.2, 0) is 15.6 Å². The summed E-state index contributed by atoms with van der Waals surface area (Å²) in [6.07, 6.45) is 0. The second kappa shape index (κ2) is 5.54. The molecule has 0 aliphatic heterocycles. The van der Waals surface area contributed by atoms with E-state index in [0.717, 1.165) is 5.56 Å². The third-order valence-corrected chi connectivity index (χ3v) is 4.77. The SMILES string of the molecule is COc1ccc(C)cc1CS(=O)(=O)c1ccccc1N. The largest absolute Gasteiger partial charge is 0.496 e. The number of hydrogen-bond acceptors (Lipinski definition) is 4. The van der Waals surface area contributed by atoms with E-state index in [1.165, 1.54) is 13.2 Å². The molecule has 0 radical (unpaired) electrons. The lowest BCUT2D eigenvalue weighted by atomic mass is 10.1. The summed E-state index contributed by atoms with van der Waals surface area (Å²) in [5.74, 6) is 0.431. The molecule has 0 aliphatic carbocycles. The summed E-state index contributed by atoms with van der Waals surface area (Å²) < 4.78 is 30.1. The van der Waals surface area contributed by atoms with E-state index in [9.17, 15) is 8.42 Å². The van der Waals surface area contributed by atoms with Gasteiger partial charge in [-0.05, 0) is 25.1 Å². The monoisotopic (exact) mass is 291 g/mol. The molecule has 0 fully saturated rings. The number of rotatable bonds is 4. The number of para-hydroxylation sites is 1. The standard InChI is InChI=1S/C15H17NO3S/c1-11-7-8-14(19-2)12(9-11)10-20(17,18)15-6-4-3-5-13(15)16/h3-9H,10,16H2,1-2H3. The van der Waals surface area contributed by atoms with Gasteiger partial charge in [0, 0.05) is 5.56 Å². The number of anilines is 1. The van der Waals surface area contributed by atoms with Crippen LogP contribution in [0.2, 0.25) is 0 Å². The highest BCUT2D eigenvalue weighted by Gasteiger charge is 2.20. The summed E-state index contributed by atoms with van der Waals surface area (Å²) in [5.41, 5.74) is 7.63. The van der Waals surface area contributed by atoms with E-state index in [-0.39, 0.29) is 16.3 Å². The first-order chi connectivity index (χ1) is 9.44. The van der Waals surface area contributed by atoms with Crippen LogP contribution in [0.5, 0.6) is 5.75 Å². The van der Waals surface area contributed by atoms with Crippen molar-refractivity contribution in [2.45, 2.75) is 17.6 Å². The number of ether oxygens (including phenoxy) is 1. The van der Waals surface area contributed by atoms with Crippen LogP contribution in [0.1, 0.15) is 11.1 Å². The number of nitrogen functional groups attached to an aromatic ring is 1. The molecule has 2 aromatic rings. The van der Waals surface area contributed by atoms with Crippen LogP contribution >= 0.6 is 0 Å². The van der Waals surface area contributed by atoms with Gasteiger partial charge in [0.25, 0.3) is 0 Å². The molecule has 0 atom stereocenters. The molecule has 2 rings (SSSR count). The molecule has 0 heterocycles. The molecular formula is C15H17NO3S. The van der Waals surface area contributed by atoms with Gasteiger partial charge < -0.3 is 10.5 Å². The van der Waals surface area contributed by atoms with E-state index in [4.69, 9.17) is 10.5 Å². The van der Waals surface area contributed by atoms with E-state index < -0.39 is 9.84 Å². The molecule has 0 aromatic heterocycles. The predicted molar refractivity (Wildman–Crippen MR) is 79.5 cm³/mol. The fraction of sp³-hybridized carbons (Fsp3) is 0.200. The van der Waals surface area contributed by atoms with Gasteiger partial charge in [-0.25, -0.2) is 8.42 Å². The summed E-state index contributed by atoms with van der Waals surface area (Å²) in [4.78, 5) is 0.156. The Morgan fingerprint density at radius 1 is 1.15 bits per heavy atom. The molecule has 5 heteroatoms. The van der Waals surface area contributed by atoms with Crippen molar-refractivity contribution in [3.63, 3.8) is 0 Å². The molecule has 0 saturated heterocycles. The maximum absolute atomic E-state index is 12.5. The third kappa shape index (κ3) is 2.93. The molecule has 0 spiro atoms. The van der Waals surface area contributed by atoms with Crippen molar-refractivity contribution >= 4 is 15.5 Å². The quantitative estimate of drug-likeness (QED) is 0.879. The second-order valence-electron chi connectivity index (χ2n) is 4.61. The van der Waals surface area contributed by atoms with Crippen molar-refractivity contribution in [2.24, 2.45) is 0 Å². The van der Waals surface area contributed by atoms with Crippen LogP contribution < -0.4 is 10.5 Å². The van der Waals surface area contributed by atoms with E-state index >= 15 is 0 Å². The molecule has 0 saturated carbocycles. The Balaban J connectivity index is 2.44. The Kier molecular flexibility index (Phi) is 3.99. The first kappa shape index (κ1) is 14.4. The number of hydrogen-bond donors (Lipinski definition) is 1. The lowest BCUT2D eigenvalue weighted by molar-refractivity contribution is 0.411. The average molecular weight is 291 g/mol. The Labute approximate surface area is 119 Å². The maximum Gasteiger partial charge on any atom is 0.184 e. The Morgan fingerprint density at radius 2 is 1.85 bits per heavy atom. The van der Waals surface area contributed by atoms with Crippen molar-refractivity contribution in [1.29, 1.82) is 0 Å². The van der Waals surface area contributed by atoms with Crippen LogP contribution in [-0.4, -0.2) is 15.5 Å². The van der Waals surface area contributed by atoms with Crippen molar-refractivity contribution in [1.82, 2.24) is 0 Å². The molecule has 0 aliphatic rings. The highest BCUT2D eigenvalue weighted by atomic mass is 32.2. The summed E-state index contributed by atoms with van der Waals surface area (Å²) >= 11 is 0. The van der Waals surface area contributed by atoms with E-state index in [1.54, 1.807) is 24.3 Å². The van der Waals surface area contributed by atoms with E-state index in [1.807, 2.05) is 19.1 Å². The maximum atomic E-state index is 12.5. The summed E-state index contributed by atoms with van der Waals surface area (Å²) in [6, 6.07) is 11.9. The molecule has 2 aromatic carbocycles. The number of nitrogens with two attached hydrogens (primary N) is 1. The number of benzene rings is 2. The summed E-state index contributed by atoms with van der Waals surface area (Å²) in [5, 5.41) is 0. The first-order valence-electron chi connectivity index (χ1n) is 6.15. The van der Waals surface area contributed by atoms with Gasteiger partial charge in [-0.3, -0.25) is 0 Å². The fourth-order valence-electron chi connectivity index (χ4n) is 2.07. The first-order valence-corrected chi connectivity index (χ1v) is 7.80. The Bertz CT molecular complexity index is 724. The van der Waals surface area contributed by atoms with Gasteiger partial charge in [0.1, 0.15) is 5.75 Å². The van der Waals surface area contributed by atoms with Crippen molar-refractivity contribution < 1.29 is 13.2 Å². The molecule has 0 bridgehead atoms. The normalized spacial score (nSPS) is 11.3. The minimum absolute atomic E-state index is 0.133. The topological polar surface area (TPSA) is 69.4 Å². The Hall–Kier alpha value is -2.01. The van der Waals surface area contributed by atoms with Gasteiger partial charge in [-0.15, -0.1) is 0 Å². The van der Waals surface area contributed by atoms with Gasteiger partial charge in [-0.1, -0.05) is 29.8 Å². The van der Waals surface area contributed by atoms with Crippen LogP contribution in [0, 0.1) is 6.92 Å². The molecule has 106 valence electrons. The molecule has 0 unspecified atom stereocenters. The predicted octanol–water partition coefficient (Wildman–Crippen LogP) is 2.56. The smallest absolute Gasteiger partial charge is 0.184 e. The molecule has 2 N–H and O–H groups in total. The van der Waals surface area contributed by atoms with Gasteiger partial charge in [0.2, 0.25) is 0 Å². The van der Waals surface area contributed by atoms with Gasteiger partial charge in [0.05, 0.1) is 23.4 Å². The zero-order valence-corrected chi connectivity index (χ0v) is 12.3. The third-order valence-electron chi connectivity index (χ3n) is 3.04. The molecular weight excluding hydrogens is 274 g/mol. The fourth-order valence-corrected chi connectivity index (χ4v) is 3.57. The Morgan fingerprint density at radius 3 is 2.50 bits per heavy atom.